The molecule has 25 heavy (non-hydrogen) atoms. The quantitative estimate of drug-likeness (QED) is 0.743. The zero-order valence-corrected chi connectivity index (χ0v) is 13.9. The molecule has 0 bridgehead atoms. The Balaban J connectivity index is 1.67. The van der Waals surface area contributed by atoms with Gasteiger partial charge in [-0.05, 0) is 42.0 Å². The summed E-state index contributed by atoms with van der Waals surface area (Å²) in [5, 5.41) is 7.52. The molecule has 3 rings (SSSR count). The molecule has 1 atom stereocenters. The lowest BCUT2D eigenvalue weighted by Gasteiger charge is -2.13. The molecule has 0 radical (unpaired) electrons. The standard InChI is InChI=1S/C18H18N4O3/c1-22(2)14-9-5-12(6-10-14)16(23)19-13-7-3-11(4-8-13)15-17(24)21-18(25)20-15/h3-10,15H,1-2H3,(H,19,23)(H2,20,21,24,25). The number of carbonyl (C=O) groups excluding carboxylic acids is 3. The van der Waals surface area contributed by atoms with Crippen molar-refractivity contribution < 1.29 is 14.4 Å². The van der Waals surface area contributed by atoms with Gasteiger partial charge in [0, 0.05) is 31.0 Å². The fraction of sp³-hybridized carbons (Fsp3) is 0.167. The van der Waals surface area contributed by atoms with Crippen molar-refractivity contribution in [3.63, 3.8) is 0 Å². The molecule has 1 fully saturated rings. The van der Waals surface area contributed by atoms with E-state index in [1.54, 1.807) is 36.4 Å². The largest absolute Gasteiger partial charge is 0.378 e. The maximum atomic E-state index is 12.3. The topological polar surface area (TPSA) is 90.5 Å². The molecular weight excluding hydrogens is 320 g/mol. The van der Waals surface area contributed by atoms with Gasteiger partial charge in [-0.15, -0.1) is 0 Å². The van der Waals surface area contributed by atoms with Crippen LogP contribution in [0.25, 0.3) is 0 Å². The van der Waals surface area contributed by atoms with Crippen molar-refractivity contribution in [3.8, 4) is 0 Å². The molecule has 1 aliphatic rings. The summed E-state index contributed by atoms with van der Waals surface area (Å²) in [7, 11) is 3.87. The molecule has 1 heterocycles. The lowest BCUT2D eigenvalue weighted by Crippen LogP contribution is -2.22. The summed E-state index contributed by atoms with van der Waals surface area (Å²) < 4.78 is 0. The van der Waals surface area contributed by atoms with E-state index in [1.807, 2.05) is 31.1 Å². The van der Waals surface area contributed by atoms with Crippen molar-refractivity contribution in [3.05, 3.63) is 59.7 Å². The van der Waals surface area contributed by atoms with Gasteiger partial charge in [-0.2, -0.15) is 0 Å². The van der Waals surface area contributed by atoms with Crippen LogP contribution in [0.4, 0.5) is 16.2 Å². The van der Waals surface area contributed by atoms with Crippen LogP contribution in [-0.2, 0) is 4.79 Å². The van der Waals surface area contributed by atoms with Crippen LogP contribution in [-0.4, -0.2) is 31.9 Å². The summed E-state index contributed by atoms with van der Waals surface area (Å²) in [5.74, 6) is -0.604. The summed E-state index contributed by atoms with van der Waals surface area (Å²) in [6, 6.07) is 12.8. The van der Waals surface area contributed by atoms with Crippen LogP contribution in [0.1, 0.15) is 22.0 Å². The molecule has 1 aliphatic heterocycles. The van der Waals surface area contributed by atoms with Crippen LogP contribution in [0, 0.1) is 0 Å². The predicted molar refractivity (Wildman–Crippen MR) is 94.6 cm³/mol. The van der Waals surface area contributed by atoms with Crippen molar-refractivity contribution >= 4 is 29.2 Å². The Morgan fingerprint density at radius 3 is 2.16 bits per heavy atom. The maximum absolute atomic E-state index is 12.3. The molecule has 128 valence electrons. The summed E-state index contributed by atoms with van der Waals surface area (Å²) in [5.41, 5.74) is 2.82. The molecule has 7 nitrogen and oxygen atoms in total. The molecule has 0 aromatic heterocycles. The summed E-state index contributed by atoms with van der Waals surface area (Å²) in [4.78, 5) is 37.1. The molecule has 0 aliphatic carbocycles. The van der Waals surface area contributed by atoms with Crippen molar-refractivity contribution in [2.24, 2.45) is 0 Å². The number of hydrogen-bond donors (Lipinski definition) is 3. The molecule has 0 saturated carbocycles. The normalized spacial score (nSPS) is 16.2. The first-order valence-electron chi connectivity index (χ1n) is 7.74. The van der Waals surface area contributed by atoms with Crippen LogP contribution in [0.15, 0.2) is 48.5 Å². The minimum absolute atomic E-state index is 0.218. The molecule has 3 N–H and O–H groups in total. The Hall–Kier alpha value is -3.35. The van der Waals surface area contributed by atoms with Crippen LogP contribution >= 0.6 is 0 Å². The van der Waals surface area contributed by atoms with Gasteiger partial charge in [0.1, 0.15) is 6.04 Å². The summed E-state index contributed by atoms with van der Waals surface area (Å²) in [6.45, 7) is 0. The van der Waals surface area contributed by atoms with Gasteiger partial charge in [-0.25, -0.2) is 4.79 Å². The lowest BCUT2D eigenvalue weighted by atomic mass is 10.1. The summed E-state index contributed by atoms with van der Waals surface area (Å²) in [6.07, 6.45) is 0. The van der Waals surface area contributed by atoms with Gasteiger partial charge >= 0.3 is 6.03 Å². The number of hydrogen-bond acceptors (Lipinski definition) is 4. The first-order chi connectivity index (χ1) is 11.9. The zero-order chi connectivity index (χ0) is 18.0. The maximum Gasteiger partial charge on any atom is 0.322 e. The van der Waals surface area contributed by atoms with Crippen LogP contribution in [0.3, 0.4) is 0 Å². The highest BCUT2D eigenvalue weighted by Crippen LogP contribution is 2.20. The highest BCUT2D eigenvalue weighted by molar-refractivity contribution is 6.05. The Bertz CT molecular complexity index is 813. The fourth-order valence-electron chi connectivity index (χ4n) is 2.52. The zero-order valence-electron chi connectivity index (χ0n) is 13.9. The number of rotatable bonds is 4. The smallest absolute Gasteiger partial charge is 0.322 e. The van der Waals surface area contributed by atoms with Gasteiger partial charge in [-0.3, -0.25) is 14.9 Å². The molecular formula is C18H18N4O3. The first-order valence-corrected chi connectivity index (χ1v) is 7.74. The van der Waals surface area contributed by atoms with E-state index in [9.17, 15) is 14.4 Å². The highest BCUT2D eigenvalue weighted by Gasteiger charge is 2.30. The van der Waals surface area contributed by atoms with Crippen molar-refractivity contribution in [2.75, 3.05) is 24.3 Å². The highest BCUT2D eigenvalue weighted by atomic mass is 16.2. The Morgan fingerprint density at radius 2 is 1.64 bits per heavy atom. The second kappa shape index (κ2) is 6.64. The van der Waals surface area contributed by atoms with E-state index in [0.717, 1.165) is 5.69 Å². The van der Waals surface area contributed by atoms with Gasteiger partial charge in [0.2, 0.25) is 0 Å². The van der Waals surface area contributed by atoms with E-state index in [1.165, 1.54) is 0 Å². The number of nitrogens with one attached hydrogen (secondary N) is 3. The van der Waals surface area contributed by atoms with Gasteiger partial charge in [0.15, 0.2) is 0 Å². The number of imide groups is 1. The van der Waals surface area contributed by atoms with Crippen molar-refractivity contribution in [1.29, 1.82) is 0 Å². The lowest BCUT2D eigenvalue weighted by molar-refractivity contribution is -0.120. The van der Waals surface area contributed by atoms with Crippen LogP contribution < -0.4 is 20.9 Å². The minimum Gasteiger partial charge on any atom is -0.378 e. The Labute approximate surface area is 145 Å². The molecule has 4 amide bonds. The Morgan fingerprint density at radius 1 is 1.00 bits per heavy atom. The second-order valence-electron chi connectivity index (χ2n) is 5.91. The average Bonchev–Trinajstić information content (AvgIpc) is 2.94. The number of anilines is 2. The minimum atomic E-state index is -0.698. The number of amides is 4. The van der Waals surface area contributed by atoms with Gasteiger partial charge in [-0.1, -0.05) is 12.1 Å². The SMILES string of the molecule is CN(C)c1ccc(C(=O)Nc2ccc(C3NC(=O)NC3=O)cc2)cc1. The third kappa shape index (κ3) is 3.60. The number of benzene rings is 2. The molecule has 0 spiro atoms. The van der Waals surface area contributed by atoms with Gasteiger partial charge in [0.25, 0.3) is 11.8 Å². The van der Waals surface area contributed by atoms with E-state index in [-0.39, 0.29) is 11.8 Å². The molecule has 1 unspecified atom stereocenters. The molecule has 2 aromatic carbocycles. The predicted octanol–water partition coefficient (Wildman–Crippen LogP) is 1.89. The van der Waals surface area contributed by atoms with E-state index in [0.29, 0.717) is 16.8 Å². The second-order valence-corrected chi connectivity index (χ2v) is 5.91. The number of carbonyl (C=O) groups is 3. The monoisotopic (exact) mass is 338 g/mol. The molecule has 2 aromatic rings. The molecule has 7 heteroatoms. The summed E-state index contributed by atoms with van der Waals surface area (Å²) >= 11 is 0. The number of urea groups is 1. The van der Waals surface area contributed by atoms with Crippen LogP contribution in [0.2, 0.25) is 0 Å². The van der Waals surface area contributed by atoms with Gasteiger partial charge in [0.05, 0.1) is 0 Å². The van der Waals surface area contributed by atoms with E-state index >= 15 is 0 Å². The third-order valence-electron chi connectivity index (χ3n) is 3.92. The van der Waals surface area contributed by atoms with Crippen molar-refractivity contribution in [2.45, 2.75) is 6.04 Å². The number of nitrogens with zero attached hydrogens (tertiary/aromatic N) is 1. The Kier molecular flexibility index (Phi) is 4.38. The van der Waals surface area contributed by atoms with E-state index < -0.39 is 12.1 Å². The van der Waals surface area contributed by atoms with Crippen LogP contribution in [0.5, 0.6) is 0 Å². The fourth-order valence-corrected chi connectivity index (χ4v) is 2.52. The third-order valence-corrected chi connectivity index (χ3v) is 3.92. The average molecular weight is 338 g/mol. The first kappa shape index (κ1) is 16.5. The molecule has 1 saturated heterocycles. The van der Waals surface area contributed by atoms with Crippen molar-refractivity contribution in [1.82, 2.24) is 10.6 Å². The van der Waals surface area contributed by atoms with E-state index in [4.69, 9.17) is 0 Å². The van der Waals surface area contributed by atoms with Gasteiger partial charge < -0.3 is 15.5 Å². The van der Waals surface area contributed by atoms with E-state index in [2.05, 4.69) is 16.0 Å².